The van der Waals surface area contributed by atoms with Gasteiger partial charge in [0, 0.05) is 17.8 Å². The number of amides is 1. The van der Waals surface area contributed by atoms with Crippen molar-refractivity contribution in [2.75, 3.05) is 6.67 Å². The fourth-order valence-electron chi connectivity index (χ4n) is 2.95. The average molecular weight is 323 g/mol. The zero-order valence-corrected chi connectivity index (χ0v) is 14.5. The smallest absolute Gasteiger partial charge is 0.253 e. The van der Waals surface area contributed by atoms with Crippen molar-refractivity contribution in [3.63, 3.8) is 0 Å². The highest BCUT2D eigenvalue weighted by atomic mass is 16.3. The minimum atomic E-state index is -0.513. The molecule has 0 bridgehead atoms. The van der Waals surface area contributed by atoms with Crippen LogP contribution in [0.25, 0.3) is 0 Å². The first-order valence-electron chi connectivity index (χ1n) is 8.21. The second kappa shape index (κ2) is 6.88. The van der Waals surface area contributed by atoms with Crippen LogP contribution >= 0.6 is 0 Å². The summed E-state index contributed by atoms with van der Waals surface area (Å²) in [5.41, 5.74) is 9.02. The molecule has 0 saturated heterocycles. The summed E-state index contributed by atoms with van der Waals surface area (Å²) in [6, 6.07) is 0.112. The van der Waals surface area contributed by atoms with Crippen molar-refractivity contribution in [1.82, 2.24) is 15.8 Å². The topological polar surface area (TPSA) is 103 Å². The van der Waals surface area contributed by atoms with Crippen molar-refractivity contribution in [2.24, 2.45) is 16.6 Å². The van der Waals surface area contributed by atoms with Gasteiger partial charge in [0.25, 0.3) is 5.91 Å². The number of hydrogen-bond donors (Lipinski definition) is 4. The highest BCUT2D eigenvalue weighted by Crippen LogP contribution is 2.26. The van der Waals surface area contributed by atoms with Crippen LogP contribution in [-0.4, -0.2) is 46.6 Å². The molecule has 0 spiro atoms. The van der Waals surface area contributed by atoms with Crippen LogP contribution in [0.4, 0.5) is 0 Å². The van der Waals surface area contributed by atoms with Crippen molar-refractivity contribution in [3.8, 4) is 0 Å². The Morgan fingerprint density at radius 3 is 2.70 bits per heavy atom. The molecule has 7 nitrogen and oxygen atoms in total. The quantitative estimate of drug-likeness (QED) is 0.602. The van der Waals surface area contributed by atoms with Gasteiger partial charge in [0.05, 0.1) is 11.7 Å². The fourth-order valence-corrected chi connectivity index (χ4v) is 2.95. The summed E-state index contributed by atoms with van der Waals surface area (Å²) in [4.78, 5) is 16.0. The Hall–Kier alpha value is -1.60. The van der Waals surface area contributed by atoms with Crippen LogP contribution in [0.1, 0.15) is 47.0 Å². The molecule has 5 N–H and O–H groups in total. The van der Waals surface area contributed by atoms with Crippen LogP contribution in [0.3, 0.4) is 0 Å². The molecule has 0 unspecified atom stereocenters. The predicted octanol–water partition coefficient (Wildman–Crippen LogP) is 0.469. The minimum Gasteiger partial charge on any atom is -0.393 e. The monoisotopic (exact) mass is 323 g/mol. The van der Waals surface area contributed by atoms with Gasteiger partial charge in [-0.3, -0.25) is 14.8 Å². The van der Waals surface area contributed by atoms with Crippen LogP contribution in [0.5, 0.6) is 0 Å². The molecule has 1 heterocycles. The Kier molecular flexibility index (Phi) is 5.31. The van der Waals surface area contributed by atoms with E-state index in [0.29, 0.717) is 30.4 Å². The van der Waals surface area contributed by atoms with Crippen molar-refractivity contribution < 1.29 is 9.90 Å². The molecule has 2 aliphatic rings. The summed E-state index contributed by atoms with van der Waals surface area (Å²) in [7, 11) is 0. The molecule has 23 heavy (non-hydrogen) atoms. The number of primary amides is 1. The third-order valence-electron chi connectivity index (χ3n) is 4.20. The number of rotatable bonds is 4. The highest BCUT2D eigenvalue weighted by Gasteiger charge is 2.30. The lowest BCUT2D eigenvalue weighted by Gasteiger charge is -2.39. The van der Waals surface area contributed by atoms with E-state index < -0.39 is 5.91 Å². The van der Waals surface area contributed by atoms with Gasteiger partial charge in [0.2, 0.25) is 0 Å². The molecule has 0 radical (unpaired) electrons. The average Bonchev–Trinajstić information content (AvgIpc) is 2.43. The summed E-state index contributed by atoms with van der Waals surface area (Å²) in [5.74, 6) is 0.449. The Bertz CT molecular complexity index is 509. The molecule has 1 saturated carbocycles. The van der Waals surface area contributed by atoms with Crippen molar-refractivity contribution in [3.05, 3.63) is 11.4 Å². The van der Waals surface area contributed by atoms with Gasteiger partial charge in [-0.05, 0) is 46.0 Å². The number of aliphatic imine (C=N–C) groups is 1. The van der Waals surface area contributed by atoms with E-state index >= 15 is 0 Å². The van der Waals surface area contributed by atoms with Gasteiger partial charge in [-0.1, -0.05) is 6.92 Å². The maximum atomic E-state index is 11.8. The highest BCUT2D eigenvalue weighted by molar-refractivity contribution is 6.12. The number of aliphatic hydroxyl groups is 1. The lowest BCUT2D eigenvalue weighted by atomic mass is 9.85. The molecule has 130 valence electrons. The number of nitrogens with zero attached hydrogens (tertiary/aromatic N) is 2. The van der Waals surface area contributed by atoms with Crippen LogP contribution in [0, 0.1) is 5.92 Å². The molecule has 2 rings (SSSR count). The largest absolute Gasteiger partial charge is 0.393 e. The summed E-state index contributed by atoms with van der Waals surface area (Å²) >= 11 is 0. The number of nitrogens with two attached hydrogens (primary N) is 1. The minimum absolute atomic E-state index is 0.112. The standard InChI is InChI=1S/C16H29N5O2/c1-10-5-6-11(7-13(10)22)19-15-12(14(17)23)8-18-9-21(15)20-16(2,3)4/h8,10-11,13,19-20,22H,5-7,9H2,1-4H3,(H2,17,23)/t10-,11-,13-/m1/s1. The van der Waals surface area contributed by atoms with Crippen LogP contribution < -0.4 is 16.5 Å². The van der Waals surface area contributed by atoms with Crippen molar-refractivity contribution in [1.29, 1.82) is 0 Å². The van der Waals surface area contributed by atoms with E-state index in [1.807, 2.05) is 25.8 Å². The summed E-state index contributed by atoms with van der Waals surface area (Å²) in [5, 5.41) is 15.3. The van der Waals surface area contributed by atoms with Gasteiger partial charge in [-0.2, -0.15) is 0 Å². The molecule has 1 aliphatic carbocycles. The molecule has 0 aromatic heterocycles. The Labute approximate surface area is 138 Å². The van der Waals surface area contributed by atoms with Gasteiger partial charge in [0.1, 0.15) is 12.5 Å². The lowest BCUT2D eigenvalue weighted by Crippen LogP contribution is -2.55. The molecule has 3 atom stereocenters. The van der Waals surface area contributed by atoms with E-state index in [9.17, 15) is 9.90 Å². The second-order valence-electron chi connectivity index (χ2n) is 7.57. The molecular weight excluding hydrogens is 294 g/mol. The van der Waals surface area contributed by atoms with Crippen LogP contribution in [0.2, 0.25) is 0 Å². The van der Waals surface area contributed by atoms with Gasteiger partial charge in [0.15, 0.2) is 0 Å². The number of carbonyl (C=O) groups is 1. The molecule has 0 aromatic carbocycles. The van der Waals surface area contributed by atoms with Crippen LogP contribution in [-0.2, 0) is 4.79 Å². The van der Waals surface area contributed by atoms with Crippen molar-refractivity contribution >= 4 is 12.1 Å². The molecule has 1 amide bonds. The van der Waals surface area contributed by atoms with E-state index in [2.05, 4.69) is 22.7 Å². The first kappa shape index (κ1) is 17.7. The van der Waals surface area contributed by atoms with Crippen LogP contribution in [0.15, 0.2) is 16.4 Å². The van der Waals surface area contributed by atoms with Crippen molar-refractivity contribution in [2.45, 2.75) is 64.6 Å². The molecule has 0 aromatic rings. The number of hydrogen-bond acceptors (Lipinski definition) is 6. The molecule has 1 fully saturated rings. The molecule has 7 heteroatoms. The number of nitrogens with one attached hydrogen (secondary N) is 2. The predicted molar refractivity (Wildman–Crippen MR) is 90.3 cm³/mol. The lowest BCUT2D eigenvalue weighted by molar-refractivity contribution is -0.114. The Morgan fingerprint density at radius 1 is 1.43 bits per heavy atom. The maximum Gasteiger partial charge on any atom is 0.253 e. The summed E-state index contributed by atoms with van der Waals surface area (Å²) < 4.78 is 0. The third kappa shape index (κ3) is 4.68. The first-order valence-corrected chi connectivity index (χ1v) is 8.21. The van der Waals surface area contributed by atoms with E-state index in [0.717, 1.165) is 12.8 Å². The van der Waals surface area contributed by atoms with Gasteiger partial charge in [-0.25, -0.2) is 5.43 Å². The Morgan fingerprint density at radius 2 is 2.13 bits per heavy atom. The second-order valence-corrected chi connectivity index (χ2v) is 7.57. The normalized spacial score (nSPS) is 28.9. The zero-order valence-electron chi connectivity index (χ0n) is 14.5. The summed E-state index contributed by atoms with van der Waals surface area (Å²) in [6.07, 6.45) is 3.78. The van der Waals surface area contributed by atoms with Gasteiger partial charge in [-0.15, -0.1) is 0 Å². The summed E-state index contributed by atoms with van der Waals surface area (Å²) in [6.45, 7) is 8.59. The number of carbonyl (C=O) groups excluding carboxylic acids is 1. The molecular formula is C16H29N5O2. The van der Waals surface area contributed by atoms with E-state index in [4.69, 9.17) is 5.73 Å². The maximum absolute atomic E-state index is 11.8. The Balaban J connectivity index is 2.20. The third-order valence-corrected chi connectivity index (χ3v) is 4.20. The molecule has 1 aliphatic heterocycles. The van der Waals surface area contributed by atoms with E-state index in [1.54, 1.807) is 0 Å². The van der Waals surface area contributed by atoms with E-state index in [-0.39, 0.29) is 17.7 Å². The van der Waals surface area contributed by atoms with E-state index in [1.165, 1.54) is 6.21 Å². The van der Waals surface area contributed by atoms with Gasteiger partial charge < -0.3 is 16.2 Å². The van der Waals surface area contributed by atoms with Gasteiger partial charge >= 0.3 is 0 Å². The fraction of sp³-hybridized carbons (Fsp3) is 0.750. The SMILES string of the molecule is C[C@@H]1CC[C@@H](NC2=C(C(N)=O)C=NCN2NC(C)(C)C)C[C@H]1O. The first-order chi connectivity index (χ1) is 10.7. The zero-order chi connectivity index (χ0) is 17.2. The number of hydrazine groups is 1. The number of aliphatic hydroxyl groups excluding tert-OH is 1.